The van der Waals surface area contributed by atoms with Crippen molar-refractivity contribution in [3.8, 4) is 0 Å². The molecule has 5 unspecified atom stereocenters. The van der Waals surface area contributed by atoms with Gasteiger partial charge in [-0.05, 0) is 69.5 Å². The Balaban J connectivity index is 2.11. The minimum absolute atomic E-state index is 0.0714. The molecule has 0 saturated heterocycles. The predicted molar refractivity (Wildman–Crippen MR) is 123 cm³/mol. The molecule has 3 rings (SSSR count). The van der Waals surface area contributed by atoms with Crippen LogP contribution < -0.4 is 4.90 Å². The second-order valence-corrected chi connectivity index (χ2v) is 10.4. The maximum absolute atomic E-state index is 12.6. The Bertz CT molecular complexity index is 823. The van der Waals surface area contributed by atoms with Gasteiger partial charge in [-0.25, -0.2) is 4.21 Å². The standard InChI is InChI=1S/C24H34N2O2S/c1-24(29(27)28)16-15-21(26(4)5)17-22(24)23(18-9-7-6-8-10-18)19-11-13-20(14-12-19)25(2)3/h6-14,21-23H,15-17H2,1-5H3,(H,27,28). The van der Waals surface area contributed by atoms with E-state index in [9.17, 15) is 8.76 Å². The molecule has 0 heterocycles. The molecule has 2 aromatic rings. The van der Waals surface area contributed by atoms with E-state index in [1.54, 1.807) is 0 Å². The van der Waals surface area contributed by atoms with E-state index < -0.39 is 15.8 Å². The molecule has 1 aliphatic carbocycles. The molecule has 1 saturated carbocycles. The Hall–Kier alpha value is -1.69. The lowest BCUT2D eigenvalue weighted by Crippen LogP contribution is -2.50. The highest BCUT2D eigenvalue weighted by Crippen LogP contribution is 2.49. The van der Waals surface area contributed by atoms with E-state index >= 15 is 0 Å². The maximum atomic E-state index is 12.6. The van der Waals surface area contributed by atoms with E-state index in [-0.39, 0.29) is 11.8 Å². The molecule has 0 radical (unpaired) electrons. The van der Waals surface area contributed by atoms with E-state index in [2.05, 4.69) is 72.4 Å². The molecule has 1 fully saturated rings. The van der Waals surface area contributed by atoms with Crippen molar-refractivity contribution >= 4 is 16.8 Å². The smallest absolute Gasteiger partial charge is 0.159 e. The van der Waals surface area contributed by atoms with Crippen LogP contribution in [0.25, 0.3) is 0 Å². The minimum atomic E-state index is -1.88. The number of benzene rings is 2. The Labute approximate surface area is 178 Å². The lowest BCUT2D eigenvalue weighted by atomic mass is 9.66. The Morgan fingerprint density at radius 3 is 2.10 bits per heavy atom. The number of nitrogens with zero attached hydrogens (tertiary/aromatic N) is 2. The molecule has 0 bridgehead atoms. The zero-order valence-corrected chi connectivity index (χ0v) is 19.0. The topological polar surface area (TPSA) is 43.8 Å². The molecule has 0 spiro atoms. The van der Waals surface area contributed by atoms with E-state index in [1.807, 2.05) is 27.1 Å². The second-order valence-electron chi connectivity index (χ2n) is 8.93. The molecule has 5 atom stereocenters. The Kier molecular flexibility index (Phi) is 6.82. The first kappa shape index (κ1) is 22.0. The van der Waals surface area contributed by atoms with Crippen LogP contribution in [-0.4, -0.2) is 52.6 Å². The highest BCUT2D eigenvalue weighted by Gasteiger charge is 2.49. The van der Waals surface area contributed by atoms with Crippen molar-refractivity contribution in [1.82, 2.24) is 4.90 Å². The first-order valence-electron chi connectivity index (χ1n) is 10.3. The van der Waals surface area contributed by atoms with Gasteiger partial charge in [0.25, 0.3) is 0 Å². The van der Waals surface area contributed by atoms with Crippen molar-refractivity contribution in [2.45, 2.75) is 42.9 Å². The SMILES string of the molecule is CN(C)c1ccc(C(c2ccccc2)C2CC(N(C)C)CCC2(C)S(=O)O)cc1. The van der Waals surface area contributed by atoms with Crippen molar-refractivity contribution in [2.24, 2.45) is 5.92 Å². The average Bonchev–Trinajstić information content (AvgIpc) is 2.70. The zero-order valence-electron chi connectivity index (χ0n) is 18.2. The first-order chi connectivity index (χ1) is 13.7. The van der Waals surface area contributed by atoms with Gasteiger partial charge in [0.1, 0.15) is 0 Å². The van der Waals surface area contributed by atoms with Crippen LogP contribution >= 0.6 is 0 Å². The molecule has 0 aromatic heterocycles. The van der Waals surface area contributed by atoms with Crippen LogP contribution in [0.1, 0.15) is 43.2 Å². The van der Waals surface area contributed by atoms with Crippen LogP contribution in [0.15, 0.2) is 54.6 Å². The third-order valence-electron chi connectivity index (χ3n) is 6.74. The van der Waals surface area contributed by atoms with Crippen LogP contribution in [-0.2, 0) is 11.1 Å². The highest BCUT2D eigenvalue weighted by molar-refractivity contribution is 7.80. The summed E-state index contributed by atoms with van der Waals surface area (Å²) in [5.74, 6) is 0.151. The van der Waals surface area contributed by atoms with Crippen molar-refractivity contribution in [1.29, 1.82) is 0 Å². The normalized spacial score (nSPS) is 26.9. The molecule has 1 N–H and O–H groups in total. The van der Waals surface area contributed by atoms with Crippen molar-refractivity contribution in [2.75, 3.05) is 33.1 Å². The van der Waals surface area contributed by atoms with Crippen molar-refractivity contribution in [3.63, 3.8) is 0 Å². The summed E-state index contributed by atoms with van der Waals surface area (Å²) in [4.78, 5) is 4.36. The summed E-state index contributed by atoms with van der Waals surface area (Å²) in [6.45, 7) is 2.00. The molecular weight excluding hydrogens is 380 g/mol. The first-order valence-corrected chi connectivity index (χ1v) is 11.4. The molecule has 1 aliphatic rings. The van der Waals surface area contributed by atoms with Gasteiger partial charge < -0.3 is 14.4 Å². The maximum Gasteiger partial charge on any atom is 0.159 e. The molecular formula is C24H34N2O2S. The minimum Gasteiger partial charge on any atom is -0.378 e. The Morgan fingerprint density at radius 2 is 1.59 bits per heavy atom. The molecule has 29 heavy (non-hydrogen) atoms. The quantitative estimate of drug-likeness (QED) is 0.702. The number of hydrogen-bond acceptors (Lipinski definition) is 3. The van der Waals surface area contributed by atoms with Gasteiger partial charge in [-0.2, -0.15) is 0 Å². The van der Waals surface area contributed by atoms with E-state index in [4.69, 9.17) is 0 Å². The summed E-state index contributed by atoms with van der Waals surface area (Å²) in [6.07, 6.45) is 2.61. The molecule has 0 aliphatic heterocycles. The zero-order chi connectivity index (χ0) is 21.2. The summed E-state index contributed by atoms with van der Waals surface area (Å²) in [5.41, 5.74) is 3.58. The summed E-state index contributed by atoms with van der Waals surface area (Å²) in [6, 6.07) is 19.6. The van der Waals surface area contributed by atoms with Crippen LogP contribution in [0.5, 0.6) is 0 Å². The molecule has 5 heteroatoms. The van der Waals surface area contributed by atoms with Gasteiger partial charge in [-0.1, -0.05) is 42.5 Å². The average molecular weight is 415 g/mol. The number of hydrogen-bond donors (Lipinski definition) is 1. The summed E-state index contributed by atoms with van der Waals surface area (Å²) < 4.78 is 22.3. The second kappa shape index (κ2) is 8.99. The molecule has 0 amide bonds. The summed E-state index contributed by atoms with van der Waals surface area (Å²) in [5, 5.41) is 0. The van der Waals surface area contributed by atoms with Gasteiger partial charge in [-0.3, -0.25) is 0 Å². The fourth-order valence-corrected chi connectivity index (χ4v) is 5.55. The van der Waals surface area contributed by atoms with Gasteiger partial charge in [0, 0.05) is 31.7 Å². The third kappa shape index (κ3) is 4.57. The fourth-order valence-electron chi connectivity index (χ4n) is 4.77. The van der Waals surface area contributed by atoms with Crippen LogP contribution in [0.4, 0.5) is 5.69 Å². The van der Waals surface area contributed by atoms with Gasteiger partial charge >= 0.3 is 0 Å². The largest absolute Gasteiger partial charge is 0.378 e. The highest BCUT2D eigenvalue weighted by atomic mass is 32.2. The predicted octanol–water partition coefficient (Wildman–Crippen LogP) is 4.60. The van der Waals surface area contributed by atoms with Crippen LogP contribution in [0.2, 0.25) is 0 Å². The molecule has 158 valence electrons. The molecule has 2 aromatic carbocycles. The lowest BCUT2D eigenvalue weighted by molar-refractivity contribution is 0.143. The van der Waals surface area contributed by atoms with E-state index in [0.29, 0.717) is 6.04 Å². The summed E-state index contributed by atoms with van der Waals surface area (Å²) >= 11 is -1.88. The number of anilines is 1. The fraction of sp³-hybridized carbons (Fsp3) is 0.500. The van der Waals surface area contributed by atoms with E-state index in [1.165, 1.54) is 11.1 Å². The van der Waals surface area contributed by atoms with Gasteiger partial charge in [0.05, 0.1) is 4.75 Å². The monoisotopic (exact) mass is 414 g/mol. The van der Waals surface area contributed by atoms with Crippen molar-refractivity contribution in [3.05, 3.63) is 65.7 Å². The van der Waals surface area contributed by atoms with Crippen molar-refractivity contribution < 1.29 is 8.76 Å². The van der Waals surface area contributed by atoms with Crippen LogP contribution in [0, 0.1) is 5.92 Å². The molecule has 4 nitrogen and oxygen atoms in total. The van der Waals surface area contributed by atoms with Crippen LogP contribution in [0.3, 0.4) is 0 Å². The lowest BCUT2D eigenvalue weighted by Gasteiger charge is -2.47. The third-order valence-corrected chi connectivity index (χ3v) is 8.05. The van der Waals surface area contributed by atoms with Gasteiger partial charge in [0.15, 0.2) is 11.1 Å². The van der Waals surface area contributed by atoms with Gasteiger partial charge in [-0.15, -0.1) is 0 Å². The van der Waals surface area contributed by atoms with Gasteiger partial charge in [0.2, 0.25) is 0 Å². The summed E-state index contributed by atoms with van der Waals surface area (Å²) in [7, 11) is 8.31. The Morgan fingerprint density at radius 1 is 1.00 bits per heavy atom. The number of rotatable bonds is 6. The van der Waals surface area contributed by atoms with E-state index in [0.717, 1.165) is 24.9 Å².